The molecule has 1 aromatic rings. The Bertz CT molecular complexity index is 636. The average molecular weight is 315 g/mol. The fourth-order valence-corrected chi connectivity index (χ4v) is 4.30. The minimum Gasteiger partial charge on any atom is -0.481 e. The third-order valence-electron chi connectivity index (χ3n) is 4.34. The van der Waals surface area contributed by atoms with E-state index in [0.717, 1.165) is 6.42 Å². The molecule has 8 heteroatoms. The molecular formula is C13H21N3O4S. The second-order valence-electron chi connectivity index (χ2n) is 6.02. The summed E-state index contributed by atoms with van der Waals surface area (Å²) in [6.45, 7) is 3.95. The predicted molar refractivity (Wildman–Crippen MR) is 76.1 cm³/mol. The van der Waals surface area contributed by atoms with E-state index in [1.807, 2.05) is 0 Å². The highest BCUT2D eigenvalue weighted by Gasteiger charge is 2.42. The monoisotopic (exact) mass is 315 g/mol. The second kappa shape index (κ2) is 5.42. The Balaban J connectivity index is 2.26. The number of carboxylic acid groups (broad SMARTS) is 1. The zero-order valence-corrected chi connectivity index (χ0v) is 13.3. The molecule has 2 heterocycles. The van der Waals surface area contributed by atoms with E-state index in [1.54, 1.807) is 20.9 Å². The SMILES string of the molecule is Cn1nccc1S(=O)(=O)N1CCCC(C(C)(C)C(=O)O)C1. The van der Waals surface area contributed by atoms with Gasteiger partial charge in [-0.2, -0.15) is 9.40 Å². The number of nitrogens with zero attached hydrogens (tertiary/aromatic N) is 3. The second-order valence-corrected chi connectivity index (χ2v) is 7.91. The van der Waals surface area contributed by atoms with Crippen LogP contribution in [0, 0.1) is 11.3 Å². The van der Waals surface area contributed by atoms with Crippen LogP contribution in [0.5, 0.6) is 0 Å². The molecule has 1 atom stereocenters. The van der Waals surface area contributed by atoms with Crippen molar-refractivity contribution in [1.29, 1.82) is 0 Å². The predicted octanol–water partition coefficient (Wildman–Crippen LogP) is 0.932. The molecule has 21 heavy (non-hydrogen) atoms. The summed E-state index contributed by atoms with van der Waals surface area (Å²) in [5.41, 5.74) is -0.944. The summed E-state index contributed by atoms with van der Waals surface area (Å²) in [6, 6.07) is 1.46. The molecule has 1 aromatic heterocycles. The van der Waals surface area contributed by atoms with E-state index in [4.69, 9.17) is 0 Å². The zero-order chi connectivity index (χ0) is 15.8. The van der Waals surface area contributed by atoms with Crippen LogP contribution >= 0.6 is 0 Å². The van der Waals surface area contributed by atoms with Crippen molar-refractivity contribution in [2.75, 3.05) is 13.1 Å². The molecule has 0 aliphatic carbocycles. The van der Waals surface area contributed by atoms with Gasteiger partial charge in [-0.05, 0) is 38.7 Å². The number of aryl methyl sites for hydroxylation is 1. The van der Waals surface area contributed by atoms with Crippen molar-refractivity contribution in [2.45, 2.75) is 31.7 Å². The van der Waals surface area contributed by atoms with Gasteiger partial charge < -0.3 is 5.11 Å². The van der Waals surface area contributed by atoms with Gasteiger partial charge in [0, 0.05) is 20.1 Å². The summed E-state index contributed by atoms with van der Waals surface area (Å²) >= 11 is 0. The molecule has 1 aliphatic rings. The molecule has 1 unspecified atom stereocenters. The van der Waals surface area contributed by atoms with Crippen LogP contribution in [0.3, 0.4) is 0 Å². The van der Waals surface area contributed by atoms with Crippen molar-refractivity contribution in [1.82, 2.24) is 14.1 Å². The maximum atomic E-state index is 12.6. The lowest BCUT2D eigenvalue weighted by Crippen LogP contribution is -2.47. The van der Waals surface area contributed by atoms with Crippen molar-refractivity contribution in [3.8, 4) is 0 Å². The van der Waals surface area contributed by atoms with Crippen molar-refractivity contribution in [2.24, 2.45) is 18.4 Å². The highest BCUT2D eigenvalue weighted by Crippen LogP contribution is 2.35. The number of aromatic nitrogens is 2. The Morgan fingerprint density at radius 3 is 2.67 bits per heavy atom. The smallest absolute Gasteiger partial charge is 0.309 e. The van der Waals surface area contributed by atoms with Crippen molar-refractivity contribution in [3.05, 3.63) is 12.3 Å². The van der Waals surface area contributed by atoms with E-state index in [0.29, 0.717) is 13.0 Å². The molecule has 0 aromatic carbocycles. The first-order valence-corrected chi connectivity index (χ1v) is 8.33. The van der Waals surface area contributed by atoms with Gasteiger partial charge in [-0.25, -0.2) is 8.42 Å². The summed E-state index contributed by atoms with van der Waals surface area (Å²) < 4.78 is 28.0. The Morgan fingerprint density at radius 1 is 1.48 bits per heavy atom. The van der Waals surface area contributed by atoms with Gasteiger partial charge in [0.25, 0.3) is 10.0 Å². The van der Waals surface area contributed by atoms with Gasteiger partial charge in [-0.3, -0.25) is 9.48 Å². The molecule has 0 spiro atoms. The van der Waals surface area contributed by atoms with Gasteiger partial charge in [-0.1, -0.05) is 0 Å². The Kier molecular flexibility index (Phi) is 4.12. The normalized spacial score (nSPS) is 21.4. The lowest BCUT2D eigenvalue weighted by molar-refractivity contribution is -0.151. The van der Waals surface area contributed by atoms with Crippen molar-refractivity contribution in [3.63, 3.8) is 0 Å². The molecule has 0 bridgehead atoms. The number of rotatable bonds is 4. The summed E-state index contributed by atoms with van der Waals surface area (Å²) in [6.07, 6.45) is 2.82. The summed E-state index contributed by atoms with van der Waals surface area (Å²) in [7, 11) is -2.05. The number of carbonyl (C=O) groups is 1. The Hall–Kier alpha value is -1.41. The van der Waals surface area contributed by atoms with Gasteiger partial charge in [0.15, 0.2) is 5.03 Å². The first-order chi connectivity index (χ1) is 9.67. The van der Waals surface area contributed by atoms with Crippen LogP contribution in [0.4, 0.5) is 0 Å². The highest BCUT2D eigenvalue weighted by molar-refractivity contribution is 7.89. The lowest BCUT2D eigenvalue weighted by atomic mass is 9.75. The van der Waals surface area contributed by atoms with Crippen LogP contribution in [-0.2, 0) is 21.9 Å². The third kappa shape index (κ3) is 2.82. The number of hydrogen-bond donors (Lipinski definition) is 1. The molecule has 0 saturated carbocycles. The number of aliphatic carboxylic acids is 1. The highest BCUT2D eigenvalue weighted by atomic mass is 32.2. The van der Waals surface area contributed by atoms with Gasteiger partial charge in [-0.15, -0.1) is 0 Å². The largest absolute Gasteiger partial charge is 0.481 e. The molecule has 2 rings (SSSR count). The quantitative estimate of drug-likeness (QED) is 0.892. The molecule has 0 amide bonds. The van der Waals surface area contributed by atoms with Crippen molar-refractivity contribution >= 4 is 16.0 Å². The van der Waals surface area contributed by atoms with Crippen LogP contribution < -0.4 is 0 Å². The van der Waals surface area contributed by atoms with Gasteiger partial charge in [0.1, 0.15) is 0 Å². The molecule has 7 nitrogen and oxygen atoms in total. The fourth-order valence-electron chi connectivity index (χ4n) is 2.67. The van der Waals surface area contributed by atoms with E-state index >= 15 is 0 Å². The summed E-state index contributed by atoms with van der Waals surface area (Å²) in [5.74, 6) is -1.10. The van der Waals surface area contributed by atoms with Gasteiger partial charge in [0.2, 0.25) is 0 Å². The maximum absolute atomic E-state index is 12.6. The van der Waals surface area contributed by atoms with Crippen LogP contribution in [-0.4, -0.2) is 46.7 Å². The Morgan fingerprint density at radius 2 is 2.14 bits per heavy atom. The molecule has 1 aliphatic heterocycles. The standard InChI is InChI=1S/C13H21N3O4S/c1-13(2,12(17)18)10-5-4-8-16(9-10)21(19,20)11-6-7-14-15(11)3/h6-7,10H,4-5,8-9H2,1-3H3,(H,17,18). The van der Waals surface area contributed by atoms with Crippen LogP contribution in [0.25, 0.3) is 0 Å². The van der Waals surface area contributed by atoms with Gasteiger partial charge >= 0.3 is 5.97 Å². The zero-order valence-electron chi connectivity index (χ0n) is 12.5. The first kappa shape index (κ1) is 16.0. The van der Waals surface area contributed by atoms with E-state index in [1.165, 1.54) is 21.3 Å². The average Bonchev–Trinajstić information content (AvgIpc) is 2.85. The van der Waals surface area contributed by atoms with E-state index in [9.17, 15) is 18.3 Å². The van der Waals surface area contributed by atoms with Gasteiger partial charge in [0.05, 0.1) is 11.6 Å². The van der Waals surface area contributed by atoms with Crippen LogP contribution in [0.2, 0.25) is 0 Å². The number of sulfonamides is 1. The molecule has 0 radical (unpaired) electrons. The van der Waals surface area contributed by atoms with Crippen LogP contribution in [0.15, 0.2) is 17.3 Å². The van der Waals surface area contributed by atoms with E-state index in [-0.39, 0.29) is 17.5 Å². The summed E-state index contributed by atoms with van der Waals surface area (Å²) in [4.78, 5) is 11.4. The third-order valence-corrected chi connectivity index (χ3v) is 6.28. The van der Waals surface area contributed by atoms with E-state index in [2.05, 4.69) is 5.10 Å². The number of carboxylic acids is 1. The topological polar surface area (TPSA) is 92.5 Å². The molecule has 1 fully saturated rings. The molecule has 118 valence electrons. The maximum Gasteiger partial charge on any atom is 0.309 e. The Labute approximate surface area is 124 Å². The molecular weight excluding hydrogens is 294 g/mol. The minimum absolute atomic E-state index is 0.135. The molecule has 1 saturated heterocycles. The fraction of sp³-hybridized carbons (Fsp3) is 0.692. The lowest BCUT2D eigenvalue weighted by Gasteiger charge is -2.38. The molecule has 1 N–H and O–H groups in total. The summed E-state index contributed by atoms with van der Waals surface area (Å²) in [5, 5.41) is 13.4. The number of piperidine rings is 1. The number of hydrogen-bond acceptors (Lipinski definition) is 4. The minimum atomic E-state index is -3.63. The van der Waals surface area contributed by atoms with E-state index < -0.39 is 21.4 Å². The van der Waals surface area contributed by atoms with Crippen molar-refractivity contribution < 1.29 is 18.3 Å². The first-order valence-electron chi connectivity index (χ1n) is 6.89. The van der Waals surface area contributed by atoms with Crippen LogP contribution in [0.1, 0.15) is 26.7 Å².